The summed E-state index contributed by atoms with van der Waals surface area (Å²) < 4.78 is 5.99. The highest BCUT2D eigenvalue weighted by atomic mass is 35.5. The molecule has 0 aromatic heterocycles. The number of nitrogens with one attached hydrogen (secondary N) is 1. The monoisotopic (exact) mass is 465 g/mol. The molecule has 33 heavy (non-hydrogen) atoms. The molecule has 1 atom stereocenters. The first-order chi connectivity index (χ1) is 16.2. The first-order valence-corrected chi connectivity index (χ1v) is 11.8. The van der Waals surface area contributed by atoms with Crippen molar-refractivity contribution in [3.05, 3.63) is 77.3 Å². The molecule has 0 bridgehead atoms. The Bertz CT molecular complexity index is 1080. The number of fused-ring (bicyclic) bond motifs is 1. The van der Waals surface area contributed by atoms with E-state index in [4.69, 9.17) is 21.2 Å². The van der Waals surface area contributed by atoms with Gasteiger partial charge in [-0.1, -0.05) is 54.1 Å². The highest BCUT2D eigenvalue weighted by molar-refractivity contribution is 6.34. The fraction of sp³-hybridized carbons (Fsp3) is 0.308. The van der Waals surface area contributed by atoms with Crippen molar-refractivity contribution in [2.24, 2.45) is 0 Å². The van der Waals surface area contributed by atoms with E-state index in [-0.39, 0.29) is 6.10 Å². The molecule has 1 saturated heterocycles. The number of likely N-dealkylation sites (tertiary alicyclic amines) is 1. The minimum absolute atomic E-state index is 0.186. The van der Waals surface area contributed by atoms with Crippen LogP contribution < -0.4 is 15.0 Å². The topological polar surface area (TPSA) is 57.2 Å². The van der Waals surface area contributed by atoms with Crippen LogP contribution in [0, 0.1) is 0 Å². The highest BCUT2D eigenvalue weighted by Crippen LogP contribution is 2.36. The second-order valence-corrected chi connectivity index (χ2v) is 8.87. The summed E-state index contributed by atoms with van der Waals surface area (Å²) in [5.41, 5.74) is 7.30. The molecule has 172 valence electrons. The summed E-state index contributed by atoms with van der Waals surface area (Å²) in [5.74, 6) is 1.56. The predicted molar refractivity (Wildman–Crippen MR) is 130 cm³/mol. The minimum atomic E-state index is -0.186. The van der Waals surface area contributed by atoms with Crippen molar-refractivity contribution in [2.75, 3.05) is 31.7 Å². The second kappa shape index (κ2) is 10.0. The lowest BCUT2D eigenvalue weighted by Crippen LogP contribution is -2.27. The number of halogens is 1. The summed E-state index contributed by atoms with van der Waals surface area (Å²) in [6, 6.07) is 22.0. The zero-order valence-electron chi connectivity index (χ0n) is 18.4. The van der Waals surface area contributed by atoms with Crippen molar-refractivity contribution >= 4 is 17.3 Å². The van der Waals surface area contributed by atoms with Crippen LogP contribution in [0.4, 0.5) is 5.69 Å². The number of rotatable bonds is 8. The molecular weight excluding hydrogens is 438 g/mol. The highest BCUT2D eigenvalue weighted by Gasteiger charge is 2.21. The third kappa shape index (κ3) is 5.25. The summed E-state index contributed by atoms with van der Waals surface area (Å²) in [6.45, 7) is 3.89. The average Bonchev–Trinajstić information content (AvgIpc) is 3.43. The van der Waals surface area contributed by atoms with Crippen molar-refractivity contribution in [3.8, 4) is 22.6 Å². The summed E-state index contributed by atoms with van der Waals surface area (Å²) in [6.07, 6.45) is 1.57. The van der Waals surface area contributed by atoms with E-state index in [1.54, 1.807) is 5.17 Å². The molecule has 0 aliphatic carbocycles. The standard InChI is InChI=1S/C26H28ClN3O3/c27-26-23(9-4-11-25(26)32-15-5-13-29-14-12-22(31)18-29)19-7-3-8-21(16-19)28-30-17-20-6-1-2-10-24(20)33-30/h1-4,6-11,16,22,28,31H,5,12-15,17-18H2. The summed E-state index contributed by atoms with van der Waals surface area (Å²) in [4.78, 5) is 8.13. The van der Waals surface area contributed by atoms with Gasteiger partial charge in [0.1, 0.15) is 5.75 Å². The van der Waals surface area contributed by atoms with E-state index < -0.39 is 0 Å². The van der Waals surface area contributed by atoms with E-state index in [0.717, 1.165) is 60.6 Å². The summed E-state index contributed by atoms with van der Waals surface area (Å²) in [5, 5.41) is 12.0. The van der Waals surface area contributed by atoms with Crippen molar-refractivity contribution in [1.82, 2.24) is 10.1 Å². The number of para-hydroxylation sites is 1. The van der Waals surface area contributed by atoms with Gasteiger partial charge in [-0.15, -0.1) is 0 Å². The molecule has 1 unspecified atom stereocenters. The third-order valence-corrected chi connectivity index (χ3v) is 6.40. The number of benzene rings is 3. The van der Waals surface area contributed by atoms with Crippen LogP contribution in [0.2, 0.25) is 5.02 Å². The van der Waals surface area contributed by atoms with E-state index in [9.17, 15) is 5.11 Å². The molecular formula is C26H28ClN3O3. The summed E-state index contributed by atoms with van der Waals surface area (Å²) >= 11 is 6.73. The zero-order chi connectivity index (χ0) is 22.6. The lowest BCUT2D eigenvalue weighted by atomic mass is 10.0. The number of hydrogen-bond donors (Lipinski definition) is 2. The Labute approximate surface area is 199 Å². The Kier molecular flexibility index (Phi) is 6.69. The molecule has 2 aliphatic rings. The molecule has 7 heteroatoms. The first kappa shape index (κ1) is 22.0. The Hall–Kier alpha value is -2.77. The van der Waals surface area contributed by atoms with E-state index in [0.29, 0.717) is 23.9 Å². The second-order valence-electron chi connectivity index (χ2n) is 8.49. The minimum Gasteiger partial charge on any atom is -0.492 e. The fourth-order valence-electron chi connectivity index (χ4n) is 4.32. The largest absolute Gasteiger partial charge is 0.492 e. The van der Waals surface area contributed by atoms with Gasteiger partial charge in [0.2, 0.25) is 0 Å². The normalized spacial score (nSPS) is 18.2. The van der Waals surface area contributed by atoms with Crippen LogP contribution in [0.5, 0.6) is 11.5 Å². The van der Waals surface area contributed by atoms with Crippen LogP contribution in [-0.2, 0) is 6.54 Å². The average molecular weight is 466 g/mol. The quantitative estimate of drug-likeness (QED) is 0.458. The van der Waals surface area contributed by atoms with Crippen LogP contribution in [-0.4, -0.2) is 47.5 Å². The van der Waals surface area contributed by atoms with Gasteiger partial charge in [0, 0.05) is 30.8 Å². The Morgan fingerprint density at radius 1 is 1.09 bits per heavy atom. The van der Waals surface area contributed by atoms with Gasteiger partial charge < -0.3 is 19.6 Å². The number of hydrogen-bond acceptors (Lipinski definition) is 6. The van der Waals surface area contributed by atoms with Gasteiger partial charge >= 0.3 is 0 Å². The number of aliphatic hydroxyl groups excluding tert-OH is 1. The first-order valence-electron chi connectivity index (χ1n) is 11.4. The maximum absolute atomic E-state index is 9.64. The number of β-amino-alcohol motifs (C(OH)–C–C–N with tert-alkyl or cyclic N) is 1. The Morgan fingerprint density at radius 3 is 2.82 bits per heavy atom. The third-order valence-electron chi connectivity index (χ3n) is 6.01. The van der Waals surface area contributed by atoms with Gasteiger partial charge in [0.15, 0.2) is 5.75 Å². The van der Waals surface area contributed by atoms with Gasteiger partial charge in [-0.05, 0) is 47.8 Å². The van der Waals surface area contributed by atoms with Gasteiger partial charge in [-0.3, -0.25) is 5.43 Å². The zero-order valence-corrected chi connectivity index (χ0v) is 19.2. The van der Waals surface area contributed by atoms with Crippen LogP contribution in [0.3, 0.4) is 0 Å². The smallest absolute Gasteiger partial charge is 0.154 e. The number of aliphatic hydroxyl groups is 1. The number of hydrazine groups is 1. The number of hydroxylamine groups is 1. The van der Waals surface area contributed by atoms with Crippen molar-refractivity contribution < 1.29 is 14.7 Å². The molecule has 1 fully saturated rings. The van der Waals surface area contributed by atoms with Crippen molar-refractivity contribution in [2.45, 2.75) is 25.5 Å². The molecule has 3 aromatic carbocycles. The Morgan fingerprint density at radius 2 is 1.97 bits per heavy atom. The van der Waals surface area contributed by atoms with Crippen LogP contribution >= 0.6 is 11.6 Å². The van der Waals surface area contributed by atoms with E-state index >= 15 is 0 Å². The molecule has 6 nitrogen and oxygen atoms in total. The lowest BCUT2D eigenvalue weighted by molar-refractivity contribution is -0.0150. The summed E-state index contributed by atoms with van der Waals surface area (Å²) in [7, 11) is 0. The van der Waals surface area contributed by atoms with E-state index in [1.165, 1.54) is 0 Å². The Balaban J connectivity index is 1.21. The molecule has 0 radical (unpaired) electrons. The molecule has 0 amide bonds. The predicted octanol–water partition coefficient (Wildman–Crippen LogP) is 4.98. The molecule has 2 aliphatic heterocycles. The van der Waals surface area contributed by atoms with Crippen LogP contribution in [0.15, 0.2) is 66.7 Å². The molecule has 2 heterocycles. The molecule has 3 aromatic rings. The number of ether oxygens (including phenoxy) is 1. The van der Waals surface area contributed by atoms with Crippen LogP contribution in [0.1, 0.15) is 18.4 Å². The van der Waals surface area contributed by atoms with Gasteiger partial charge in [0.25, 0.3) is 0 Å². The fourth-order valence-corrected chi connectivity index (χ4v) is 4.61. The van der Waals surface area contributed by atoms with Crippen molar-refractivity contribution in [3.63, 3.8) is 0 Å². The van der Waals surface area contributed by atoms with Gasteiger partial charge in [-0.2, -0.15) is 0 Å². The van der Waals surface area contributed by atoms with Gasteiger partial charge in [-0.25, -0.2) is 0 Å². The van der Waals surface area contributed by atoms with Crippen LogP contribution in [0.25, 0.3) is 11.1 Å². The number of nitrogens with zero attached hydrogens (tertiary/aromatic N) is 2. The van der Waals surface area contributed by atoms with Gasteiger partial charge in [0.05, 0.1) is 30.0 Å². The molecule has 0 spiro atoms. The molecule has 2 N–H and O–H groups in total. The van der Waals surface area contributed by atoms with E-state index in [1.807, 2.05) is 54.6 Å². The van der Waals surface area contributed by atoms with Crippen molar-refractivity contribution in [1.29, 1.82) is 0 Å². The maximum atomic E-state index is 9.64. The number of anilines is 1. The van der Waals surface area contributed by atoms with E-state index in [2.05, 4.69) is 22.5 Å². The lowest BCUT2D eigenvalue weighted by Gasteiger charge is -2.18. The SMILES string of the molecule is OC1CCN(CCCOc2cccc(-c3cccc(NN4Cc5ccccc5O4)c3)c2Cl)C1. The molecule has 0 saturated carbocycles. The maximum Gasteiger partial charge on any atom is 0.154 e. The molecule has 5 rings (SSSR count).